The minimum absolute atomic E-state index is 0.145. The van der Waals surface area contributed by atoms with Crippen molar-refractivity contribution in [3.05, 3.63) is 36.5 Å². The van der Waals surface area contributed by atoms with Crippen LogP contribution in [0.25, 0.3) is 0 Å². The first kappa shape index (κ1) is 14.2. The fourth-order valence-corrected chi connectivity index (χ4v) is 1.33. The molecule has 0 aliphatic carbocycles. The van der Waals surface area contributed by atoms with Gasteiger partial charge in [-0.2, -0.15) is 0 Å². The number of ether oxygens (including phenoxy) is 1. The van der Waals surface area contributed by atoms with Gasteiger partial charge in [0, 0.05) is 33.0 Å². The molecule has 0 aliphatic heterocycles. The van der Waals surface area contributed by atoms with Crippen molar-refractivity contribution in [1.29, 1.82) is 0 Å². The molecule has 5 nitrogen and oxygen atoms in total. The van der Waals surface area contributed by atoms with Crippen molar-refractivity contribution in [3.8, 4) is 0 Å². The molecular formula is C13H19N3O2. The molecule has 0 fully saturated rings. The zero-order chi connectivity index (χ0) is 13.2. The second-order valence-electron chi connectivity index (χ2n) is 3.70. The number of hydrogen-bond donors (Lipinski definition) is 2. The lowest BCUT2D eigenvalue weighted by Gasteiger charge is -2.06. The zero-order valence-electron chi connectivity index (χ0n) is 10.6. The second kappa shape index (κ2) is 8.25. The highest BCUT2D eigenvalue weighted by Gasteiger charge is 2.04. The number of nitrogens with zero attached hydrogens (tertiary/aromatic N) is 1. The van der Waals surface area contributed by atoms with E-state index in [0.717, 1.165) is 25.4 Å². The maximum absolute atomic E-state index is 11.6. The Labute approximate surface area is 107 Å². The molecule has 0 radical (unpaired) electrons. The molecule has 0 atom stereocenters. The Morgan fingerprint density at radius 2 is 2.39 bits per heavy atom. The van der Waals surface area contributed by atoms with Crippen LogP contribution in [-0.4, -0.2) is 37.7 Å². The number of carbonyl (C=O) groups is 1. The number of pyridine rings is 1. The number of rotatable bonds is 8. The van der Waals surface area contributed by atoms with E-state index in [1.807, 2.05) is 0 Å². The summed E-state index contributed by atoms with van der Waals surface area (Å²) in [6, 6.07) is 3.53. The molecule has 0 saturated carbocycles. The highest BCUT2D eigenvalue weighted by atomic mass is 16.5. The van der Waals surface area contributed by atoms with E-state index in [0.29, 0.717) is 12.1 Å². The molecule has 0 spiro atoms. The van der Waals surface area contributed by atoms with Gasteiger partial charge in [-0.15, -0.1) is 6.58 Å². The molecule has 0 aliphatic rings. The molecule has 1 heterocycles. The predicted molar refractivity (Wildman–Crippen MR) is 71.7 cm³/mol. The minimum Gasteiger partial charge on any atom is -0.385 e. The van der Waals surface area contributed by atoms with Gasteiger partial charge >= 0.3 is 0 Å². The number of amides is 1. The SMILES string of the molecule is C=CCNC(=O)c1ccc(NCCCOC)nc1. The van der Waals surface area contributed by atoms with Crippen LogP contribution in [0.2, 0.25) is 0 Å². The average Bonchev–Trinajstić information content (AvgIpc) is 2.41. The largest absolute Gasteiger partial charge is 0.385 e. The second-order valence-corrected chi connectivity index (χ2v) is 3.70. The summed E-state index contributed by atoms with van der Waals surface area (Å²) < 4.78 is 4.95. The van der Waals surface area contributed by atoms with Gasteiger partial charge in [-0.25, -0.2) is 4.98 Å². The maximum atomic E-state index is 11.6. The van der Waals surface area contributed by atoms with Crippen LogP contribution in [0.1, 0.15) is 16.8 Å². The molecule has 98 valence electrons. The van der Waals surface area contributed by atoms with Crippen LogP contribution in [-0.2, 0) is 4.74 Å². The lowest BCUT2D eigenvalue weighted by molar-refractivity contribution is 0.0957. The fraction of sp³-hybridized carbons (Fsp3) is 0.385. The normalized spacial score (nSPS) is 9.83. The van der Waals surface area contributed by atoms with Crippen molar-refractivity contribution in [2.45, 2.75) is 6.42 Å². The van der Waals surface area contributed by atoms with Crippen LogP contribution < -0.4 is 10.6 Å². The van der Waals surface area contributed by atoms with E-state index >= 15 is 0 Å². The van der Waals surface area contributed by atoms with Gasteiger partial charge in [-0.1, -0.05) is 6.08 Å². The lowest BCUT2D eigenvalue weighted by Crippen LogP contribution is -2.23. The maximum Gasteiger partial charge on any atom is 0.253 e. The van der Waals surface area contributed by atoms with Gasteiger partial charge in [0.1, 0.15) is 5.82 Å². The number of hydrogen-bond acceptors (Lipinski definition) is 4. The molecule has 1 aromatic heterocycles. The number of carbonyl (C=O) groups excluding carboxylic acids is 1. The summed E-state index contributed by atoms with van der Waals surface area (Å²) in [5.74, 6) is 0.611. The van der Waals surface area contributed by atoms with Crippen molar-refractivity contribution in [2.75, 3.05) is 32.1 Å². The van der Waals surface area contributed by atoms with Crippen LogP contribution in [0.5, 0.6) is 0 Å². The first-order valence-corrected chi connectivity index (χ1v) is 5.86. The van der Waals surface area contributed by atoms with Gasteiger partial charge in [0.15, 0.2) is 0 Å². The Hall–Kier alpha value is -1.88. The van der Waals surface area contributed by atoms with E-state index in [4.69, 9.17) is 4.74 Å². The standard InChI is InChI=1S/C13H19N3O2/c1-3-7-15-13(17)11-5-6-12(16-10-11)14-8-4-9-18-2/h3,5-6,10H,1,4,7-9H2,2H3,(H,14,16)(H,15,17). The fourth-order valence-electron chi connectivity index (χ4n) is 1.33. The molecule has 0 unspecified atom stereocenters. The molecule has 0 bridgehead atoms. The Kier molecular flexibility index (Phi) is 6.50. The summed E-state index contributed by atoms with van der Waals surface area (Å²) in [5, 5.41) is 5.84. The lowest BCUT2D eigenvalue weighted by atomic mass is 10.2. The average molecular weight is 249 g/mol. The number of aromatic nitrogens is 1. The molecule has 2 N–H and O–H groups in total. The predicted octanol–water partition coefficient (Wildman–Crippen LogP) is 1.45. The van der Waals surface area contributed by atoms with Gasteiger partial charge in [0.05, 0.1) is 5.56 Å². The molecule has 5 heteroatoms. The third kappa shape index (κ3) is 4.97. The van der Waals surface area contributed by atoms with Crippen LogP contribution in [0.15, 0.2) is 31.0 Å². The first-order valence-electron chi connectivity index (χ1n) is 5.86. The first-order chi connectivity index (χ1) is 8.77. The van der Waals surface area contributed by atoms with E-state index in [1.165, 1.54) is 0 Å². The molecule has 0 saturated heterocycles. The number of anilines is 1. The zero-order valence-corrected chi connectivity index (χ0v) is 10.6. The van der Waals surface area contributed by atoms with Crippen molar-refractivity contribution < 1.29 is 9.53 Å². The van der Waals surface area contributed by atoms with Gasteiger partial charge < -0.3 is 15.4 Å². The smallest absolute Gasteiger partial charge is 0.253 e. The topological polar surface area (TPSA) is 63.2 Å². The van der Waals surface area contributed by atoms with Crippen molar-refractivity contribution >= 4 is 11.7 Å². The number of methoxy groups -OCH3 is 1. The highest BCUT2D eigenvalue weighted by molar-refractivity contribution is 5.94. The van der Waals surface area contributed by atoms with Crippen LogP contribution >= 0.6 is 0 Å². The van der Waals surface area contributed by atoms with Gasteiger partial charge in [-0.3, -0.25) is 4.79 Å². The quantitative estimate of drug-likeness (QED) is 0.540. The molecular weight excluding hydrogens is 230 g/mol. The Morgan fingerprint density at radius 1 is 1.56 bits per heavy atom. The molecule has 18 heavy (non-hydrogen) atoms. The van der Waals surface area contributed by atoms with Gasteiger partial charge in [0.2, 0.25) is 0 Å². The van der Waals surface area contributed by atoms with Gasteiger partial charge in [0.25, 0.3) is 5.91 Å². The summed E-state index contributed by atoms with van der Waals surface area (Å²) in [5.41, 5.74) is 0.541. The summed E-state index contributed by atoms with van der Waals surface area (Å²) >= 11 is 0. The monoisotopic (exact) mass is 249 g/mol. The molecule has 1 amide bonds. The van der Waals surface area contributed by atoms with E-state index in [2.05, 4.69) is 22.2 Å². The van der Waals surface area contributed by atoms with Crippen molar-refractivity contribution in [1.82, 2.24) is 10.3 Å². The molecule has 1 rings (SSSR count). The molecule has 0 aromatic carbocycles. The van der Waals surface area contributed by atoms with Gasteiger partial charge in [-0.05, 0) is 18.6 Å². The summed E-state index contributed by atoms with van der Waals surface area (Å²) in [4.78, 5) is 15.7. The van der Waals surface area contributed by atoms with Crippen LogP contribution in [0.4, 0.5) is 5.82 Å². The Balaban J connectivity index is 2.41. The van der Waals surface area contributed by atoms with Crippen molar-refractivity contribution in [2.24, 2.45) is 0 Å². The van der Waals surface area contributed by atoms with E-state index in [9.17, 15) is 4.79 Å². The van der Waals surface area contributed by atoms with Crippen LogP contribution in [0, 0.1) is 0 Å². The summed E-state index contributed by atoms with van der Waals surface area (Å²) in [6.45, 7) is 5.50. The van der Waals surface area contributed by atoms with Crippen LogP contribution in [0.3, 0.4) is 0 Å². The van der Waals surface area contributed by atoms with E-state index in [-0.39, 0.29) is 5.91 Å². The Bertz CT molecular complexity index is 376. The van der Waals surface area contributed by atoms with E-state index < -0.39 is 0 Å². The highest BCUT2D eigenvalue weighted by Crippen LogP contribution is 2.05. The molecule has 1 aromatic rings. The number of nitrogens with one attached hydrogen (secondary N) is 2. The summed E-state index contributed by atoms with van der Waals surface area (Å²) in [6.07, 6.45) is 4.11. The van der Waals surface area contributed by atoms with Crippen molar-refractivity contribution in [3.63, 3.8) is 0 Å². The third-order valence-electron chi connectivity index (χ3n) is 2.26. The van der Waals surface area contributed by atoms with E-state index in [1.54, 1.807) is 31.5 Å². The minimum atomic E-state index is -0.145. The summed E-state index contributed by atoms with van der Waals surface area (Å²) in [7, 11) is 1.68. The third-order valence-corrected chi connectivity index (χ3v) is 2.26. The Morgan fingerprint density at radius 3 is 3.00 bits per heavy atom.